The minimum absolute atomic E-state index is 0.0222. The molecule has 0 saturated heterocycles. The van der Waals surface area contributed by atoms with E-state index in [0.29, 0.717) is 0 Å². The van der Waals surface area contributed by atoms with Crippen molar-refractivity contribution in [2.45, 2.75) is 87.3 Å². The van der Waals surface area contributed by atoms with Gasteiger partial charge in [-0.15, -0.1) is 13.2 Å². The Morgan fingerprint density at radius 3 is 1.43 bits per heavy atom. The van der Waals surface area contributed by atoms with Gasteiger partial charge in [-0.25, -0.2) is 0 Å². The molecule has 2 unspecified atom stereocenters. The summed E-state index contributed by atoms with van der Waals surface area (Å²) in [6, 6.07) is 17.9. The maximum absolute atomic E-state index is 6.37. The van der Waals surface area contributed by atoms with E-state index >= 15 is 0 Å². The largest absolute Gasteiger partial charge is 0.413 e. The normalized spacial score (nSPS) is 15.8. The first kappa shape index (κ1) is 29.9. The lowest BCUT2D eigenvalue weighted by Gasteiger charge is -2.33. The van der Waals surface area contributed by atoms with Crippen molar-refractivity contribution in [1.82, 2.24) is 0 Å². The Morgan fingerprint density at radius 1 is 0.743 bits per heavy atom. The van der Waals surface area contributed by atoms with Gasteiger partial charge in [-0.05, 0) is 74.4 Å². The summed E-state index contributed by atoms with van der Waals surface area (Å²) in [6.45, 7) is 27.3. The Morgan fingerprint density at radius 2 is 1.11 bits per heavy atom. The minimum atomic E-state index is -1.81. The van der Waals surface area contributed by atoms with Crippen LogP contribution in [0.1, 0.15) is 51.7 Å². The van der Waals surface area contributed by atoms with Gasteiger partial charge in [0.25, 0.3) is 0 Å². The summed E-state index contributed by atoms with van der Waals surface area (Å²) in [5.74, 6) is 0. The summed E-state index contributed by atoms with van der Waals surface area (Å²) in [6.07, 6.45) is 2.05. The van der Waals surface area contributed by atoms with Crippen molar-refractivity contribution < 1.29 is 8.85 Å². The summed E-state index contributed by atoms with van der Waals surface area (Å²) in [5.41, 5.74) is 6.64. The fourth-order valence-electron chi connectivity index (χ4n) is 3.59. The molecule has 2 aromatic carbocycles. The molecule has 0 aliphatic carbocycles. The fraction of sp³-hybridized carbons (Fsp3) is 0.467. The molecular weight excluding hydrogens is 481 g/mol. The van der Waals surface area contributed by atoms with Gasteiger partial charge < -0.3 is 8.85 Å². The van der Waals surface area contributed by atoms with Crippen LogP contribution in [0.4, 0.5) is 0 Å². The van der Waals surface area contributed by atoms with Gasteiger partial charge in [0.2, 0.25) is 16.6 Å². The van der Waals surface area contributed by atoms with Gasteiger partial charge in [0.05, 0.1) is 0 Å². The molecule has 2 aromatic rings. The molecule has 2 atom stereocenters. The van der Waals surface area contributed by atoms with Crippen molar-refractivity contribution in [1.29, 1.82) is 0 Å². The van der Waals surface area contributed by atoms with Crippen molar-refractivity contribution >= 4 is 28.4 Å². The maximum Gasteiger partial charge on any atom is 0.210 e. The van der Waals surface area contributed by atoms with Gasteiger partial charge in [0.1, 0.15) is 0 Å². The molecule has 35 heavy (non-hydrogen) atoms. The lowest BCUT2D eigenvalue weighted by atomic mass is 9.81. The smallest absolute Gasteiger partial charge is 0.210 e. The van der Waals surface area contributed by atoms with Gasteiger partial charge in [-0.1, -0.05) is 75.1 Å². The average Bonchev–Trinajstić information content (AvgIpc) is 2.86. The van der Waals surface area contributed by atoms with Crippen LogP contribution < -0.4 is 0 Å². The summed E-state index contributed by atoms with van der Waals surface area (Å²) < 4.78 is 12.7. The molecular formula is C30H46O2SSi2. The molecule has 0 aromatic heterocycles. The van der Waals surface area contributed by atoms with Crippen molar-refractivity contribution in [2.75, 3.05) is 13.2 Å². The Kier molecular flexibility index (Phi) is 10.4. The van der Waals surface area contributed by atoms with Crippen LogP contribution in [-0.4, -0.2) is 29.8 Å². The Labute approximate surface area is 221 Å². The van der Waals surface area contributed by atoms with Crippen LogP contribution in [0.2, 0.25) is 26.2 Å². The standard InChI is InChI=1S/C30H46O2SSi2/c1-11-29(5,23-31-34(7,8)13-3)25-17-15-19-27(21-25)33-28-20-16-18-26(22-28)30(6,12-2)24-32-35(9,10)14-4/h13-22H,3-4,11-12,23-24H2,1-2,5-10H3. The molecule has 192 valence electrons. The van der Waals surface area contributed by atoms with Crippen LogP contribution in [0.3, 0.4) is 0 Å². The van der Waals surface area contributed by atoms with Crippen LogP contribution in [-0.2, 0) is 19.7 Å². The molecule has 0 N–H and O–H groups in total. The molecule has 0 radical (unpaired) electrons. The van der Waals surface area contributed by atoms with E-state index in [1.807, 2.05) is 23.2 Å². The summed E-state index contributed by atoms with van der Waals surface area (Å²) in [5, 5.41) is 0. The topological polar surface area (TPSA) is 18.5 Å². The number of hydrogen-bond donors (Lipinski definition) is 0. The predicted octanol–water partition coefficient (Wildman–Crippen LogP) is 9.07. The molecule has 5 heteroatoms. The molecule has 0 saturated carbocycles. The summed E-state index contributed by atoms with van der Waals surface area (Å²) >= 11 is 1.83. The third kappa shape index (κ3) is 8.32. The second-order valence-corrected chi connectivity index (χ2v) is 20.1. The van der Waals surface area contributed by atoms with Gasteiger partial charge in [0, 0.05) is 33.8 Å². The quantitative estimate of drug-likeness (QED) is 0.229. The van der Waals surface area contributed by atoms with Crippen LogP contribution in [0, 0.1) is 0 Å². The summed E-state index contributed by atoms with van der Waals surface area (Å²) in [4.78, 5) is 2.52. The molecule has 0 aliphatic rings. The zero-order valence-electron chi connectivity index (χ0n) is 23.2. The number of rotatable bonds is 14. The van der Waals surface area contributed by atoms with Crippen molar-refractivity contribution in [3.63, 3.8) is 0 Å². The average molecular weight is 527 g/mol. The molecule has 2 rings (SSSR count). The van der Waals surface area contributed by atoms with Crippen molar-refractivity contribution in [3.8, 4) is 0 Å². The van der Waals surface area contributed by atoms with Crippen LogP contribution in [0.5, 0.6) is 0 Å². The highest BCUT2D eigenvalue weighted by Crippen LogP contribution is 2.37. The fourth-order valence-corrected chi connectivity index (χ4v) is 6.15. The molecule has 2 nitrogen and oxygen atoms in total. The Hall–Kier alpha value is -1.38. The first-order chi connectivity index (χ1) is 16.3. The zero-order valence-corrected chi connectivity index (χ0v) is 26.1. The van der Waals surface area contributed by atoms with E-state index in [2.05, 4.69) is 116 Å². The van der Waals surface area contributed by atoms with Gasteiger partial charge in [-0.3, -0.25) is 0 Å². The SMILES string of the molecule is C=C[Si](C)(C)OCC(C)(CC)c1cccc(Sc2cccc(C(C)(CC)CO[Si](C)(C)C=C)c2)c1. The van der Waals surface area contributed by atoms with E-state index in [9.17, 15) is 0 Å². The third-order valence-electron chi connectivity index (χ3n) is 7.37. The third-order valence-corrected chi connectivity index (χ3v) is 12.1. The highest BCUT2D eigenvalue weighted by molar-refractivity contribution is 7.99. The Bertz CT molecular complexity index is 924. The lowest BCUT2D eigenvalue weighted by Crippen LogP contribution is -2.36. The van der Waals surface area contributed by atoms with Crippen molar-refractivity contribution in [3.05, 3.63) is 84.2 Å². The number of benzene rings is 2. The second kappa shape index (κ2) is 12.2. The second-order valence-electron chi connectivity index (χ2n) is 11.2. The first-order valence-electron chi connectivity index (χ1n) is 12.8. The predicted molar refractivity (Wildman–Crippen MR) is 160 cm³/mol. The molecule has 0 heterocycles. The monoisotopic (exact) mass is 526 g/mol. The van der Waals surface area contributed by atoms with Crippen LogP contribution in [0.25, 0.3) is 0 Å². The summed E-state index contributed by atoms with van der Waals surface area (Å²) in [7, 11) is -3.63. The molecule has 0 aliphatic heterocycles. The number of hydrogen-bond acceptors (Lipinski definition) is 3. The van der Waals surface area contributed by atoms with E-state index < -0.39 is 16.6 Å². The van der Waals surface area contributed by atoms with E-state index in [1.54, 1.807) is 0 Å². The van der Waals surface area contributed by atoms with E-state index in [4.69, 9.17) is 8.85 Å². The van der Waals surface area contributed by atoms with E-state index in [-0.39, 0.29) is 10.8 Å². The highest BCUT2D eigenvalue weighted by Gasteiger charge is 2.30. The van der Waals surface area contributed by atoms with Gasteiger partial charge >= 0.3 is 0 Å². The van der Waals surface area contributed by atoms with Gasteiger partial charge in [-0.2, -0.15) is 0 Å². The van der Waals surface area contributed by atoms with Crippen LogP contribution in [0.15, 0.2) is 82.9 Å². The zero-order chi connectivity index (χ0) is 26.3. The molecule has 0 spiro atoms. The minimum Gasteiger partial charge on any atom is -0.413 e. The van der Waals surface area contributed by atoms with E-state index in [1.165, 1.54) is 20.9 Å². The molecule has 0 bridgehead atoms. The Balaban J connectivity index is 2.25. The van der Waals surface area contributed by atoms with Gasteiger partial charge in [0.15, 0.2) is 0 Å². The lowest BCUT2D eigenvalue weighted by molar-refractivity contribution is 0.218. The highest BCUT2D eigenvalue weighted by atomic mass is 32.2. The van der Waals surface area contributed by atoms with E-state index in [0.717, 1.165) is 26.1 Å². The maximum atomic E-state index is 6.37. The first-order valence-corrected chi connectivity index (χ1v) is 19.5. The van der Waals surface area contributed by atoms with Crippen LogP contribution >= 0.6 is 11.8 Å². The van der Waals surface area contributed by atoms with Crippen molar-refractivity contribution in [2.24, 2.45) is 0 Å². The molecule has 0 amide bonds. The molecule has 0 fully saturated rings.